The molecule has 1 fully saturated rings. The summed E-state index contributed by atoms with van der Waals surface area (Å²) in [6, 6.07) is 27.7. The highest BCUT2D eigenvalue weighted by Crippen LogP contribution is 2.22. The molecule has 4 aromatic carbocycles. The van der Waals surface area contributed by atoms with Crippen LogP contribution in [0.15, 0.2) is 84.9 Å². The van der Waals surface area contributed by atoms with Crippen LogP contribution in [0, 0.1) is 5.41 Å². The molecule has 4 aromatic rings. The normalized spacial score (nSPS) is 17.5. The minimum atomic E-state index is -0.395. The molecule has 0 saturated carbocycles. The summed E-state index contributed by atoms with van der Waals surface area (Å²) in [4.78, 5) is 28.7. The highest BCUT2D eigenvalue weighted by atomic mass is 16.2. The fourth-order valence-corrected chi connectivity index (χ4v) is 5.42. The third-order valence-corrected chi connectivity index (χ3v) is 7.54. The highest BCUT2D eigenvalue weighted by molar-refractivity contribution is 5.98. The Hall–Kier alpha value is -4.43. The van der Waals surface area contributed by atoms with Gasteiger partial charge in [0.05, 0.1) is 6.04 Å². The molecule has 206 valence electrons. The van der Waals surface area contributed by atoms with E-state index in [-0.39, 0.29) is 23.8 Å². The van der Waals surface area contributed by atoms with E-state index >= 15 is 0 Å². The first-order chi connectivity index (χ1) is 19.5. The van der Waals surface area contributed by atoms with Crippen molar-refractivity contribution in [3.05, 3.63) is 96.1 Å². The molecule has 5 rings (SSSR count). The first kappa shape index (κ1) is 27.1. The lowest BCUT2D eigenvalue weighted by atomic mass is 10.0. The van der Waals surface area contributed by atoms with Crippen molar-refractivity contribution in [3.63, 3.8) is 0 Å². The van der Waals surface area contributed by atoms with Gasteiger partial charge in [0.25, 0.3) is 5.91 Å². The number of hydrogen-bond donors (Lipinski definition) is 5. The Morgan fingerprint density at radius 3 is 2.52 bits per heavy atom. The number of amides is 2. The van der Waals surface area contributed by atoms with Gasteiger partial charge in [-0.3, -0.25) is 15.0 Å². The standard InChI is InChI=1S/C32H36N6O2/c33-32(34)35-17-6-13-29-31(40)38(21-26-11-5-10-23-8-3-4-12-28(23)26)18-16-27(37-29)20-36-30(39)25-15-14-22-7-1-2-9-24(22)19-25/h1-5,7-12,14-15,19,27,29,37H,6,13,16-18,20-21H2,(H,36,39)(H4,33,34,35)/t27-,29-/m0/s1. The van der Waals surface area contributed by atoms with E-state index < -0.39 is 6.04 Å². The van der Waals surface area contributed by atoms with Crippen molar-refractivity contribution >= 4 is 39.3 Å². The molecule has 0 radical (unpaired) electrons. The molecule has 40 heavy (non-hydrogen) atoms. The number of carbonyl (C=O) groups excluding carboxylic acids is 2. The van der Waals surface area contributed by atoms with Crippen LogP contribution < -0.4 is 21.7 Å². The molecule has 0 bridgehead atoms. The second-order valence-electron chi connectivity index (χ2n) is 10.4. The van der Waals surface area contributed by atoms with Crippen LogP contribution >= 0.6 is 0 Å². The molecular formula is C32H36N6O2. The maximum Gasteiger partial charge on any atom is 0.251 e. The van der Waals surface area contributed by atoms with Crippen LogP contribution in [0.1, 0.15) is 35.2 Å². The highest BCUT2D eigenvalue weighted by Gasteiger charge is 2.31. The summed E-state index contributed by atoms with van der Waals surface area (Å²) in [5.74, 6) is -0.149. The van der Waals surface area contributed by atoms with E-state index in [1.807, 2.05) is 65.6 Å². The van der Waals surface area contributed by atoms with Gasteiger partial charge in [0.15, 0.2) is 5.96 Å². The average molecular weight is 537 g/mol. The van der Waals surface area contributed by atoms with Crippen molar-refractivity contribution in [2.45, 2.75) is 37.9 Å². The van der Waals surface area contributed by atoms with Crippen molar-refractivity contribution in [2.24, 2.45) is 5.73 Å². The SMILES string of the molecule is N=C(N)NCCC[C@@H]1N[C@H](CNC(=O)c2ccc3ccccc3c2)CCN(Cc2cccc3ccccc23)C1=O. The lowest BCUT2D eigenvalue weighted by Gasteiger charge is -2.25. The van der Waals surface area contributed by atoms with Gasteiger partial charge in [-0.25, -0.2) is 0 Å². The number of benzene rings is 4. The van der Waals surface area contributed by atoms with E-state index in [0.29, 0.717) is 44.6 Å². The van der Waals surface area contributed by atoms with Gasteiger partial charge in [-0.1, -0.05) is 72.8 Å². The van der Waals surface area contributed by atoms with E-state index in [2.05, 4.69) is 40.2 Å². The molecule has 0 spiro atoms. The number of hydrogen-bond acceptors (Lipinski definition) is 4. The predicted octanol–water partition coefficient (Wildman–Crippen LogP) is 3.75. The molecule has 1 aliphatic heterocycles. The van der Waals surface area contributed by atoms with Crippen molar-refractivity contribution in [3.8, 4) is 0 Å². The van der Waals surface area contributed by atoms with E-state index in [9.17, 15) is 9.59 Å². The van der Waals surface area contributed by atoms with E-state index in [0.717, 1.165) is 33.5 Å². The quantitative estimate of drug-likeness (QED) is 0.127. The molecule has 1 heterocycles. The average Bonchev–Trinajstić information content (AvgIpc) is 3.12. The minimum absolute atomic E-state index is 0.0547. The van der Waals surface area contributed by atoms with Crippen LogP contribution in [0.5, 0.6) is 0 Å². The van der Waals surface area contributed by atoms with Crippen molar-refractivity contribution in [1.82, 2.24) is 20.9 Å². The molecule has 0 aliphatic carbocycles. The summed E-state index contributed by atoms with van der Waals surface area (Å²) < 4.78 is 0. The van der Waals surface area contributed by atoms with Gasteiger partial charge in [-0.05, 0) is 58.5 Å². The Balaban J connectivity index is 1.28. The number of nitrogens with zero attached hydrogens (tertiary/aromatic N) is 1. The molecule has 0 unspecified atom stereocenters. The molecule has 6 N–H and O–H groups in total. The van der Waals surface area contributed by atoms with Gasteiger partial charge in [0.2, 0.25) is 5.91 Å². The van der Waals surface area contributed by atoms with Crippen LogP contribution in [-0.2, 0) is 11.3 Å². The van der Waals surface area contributed by atoms with Crippen LogP contribution in [0.2, 0.25) is 0 Å². The summed E-state index contributed by atoms with van der Waals surface area (Å²) in [7, 11) is 0. The molecule has 0 aromatic heterocycles. The largest absolute Gasteiger partial charge is 0.370 e. The first-order valence-corrected chi connectivity index (χ1v) is 13.8. The van der Waals surface area contributed by atoms with Gasteiger partial charge in [-0.2, -0.15) is 0 Å². The number of nitrogens with two attached hydrogens (primary N) is 1. The fraction of sp³-hybridized carbons (Fsp3) is 0.281. The smallest absolute Gasteiger partial charge is 0.251 e. The van der Waals surface area contributed by atoms with Crippen LogP contribution in [-0.4, -0.2) is 54.4 Å². The molecular weight excluding hydrogens is 500 g/mol. The third kappa shape index (κ3) is 6.58. The maximum absolute atomic E-state index is 13.7. The molecule has 2 amide bonds. The van der Waals surface area contributed by atoms with Gasteiger partial charge in [0, 0.05) is 37.8 Å². The van der Waals surface area contributed by atoms with Gasteiger partial charge in [0.1, 0.15) is 0 Å². The second kappa shape index (κ2) is 12.6. The zero-order valence-corrected chi connectivity index (χ0v) is 22.5. The molecule has 8 heteroatoms. The Morgan fingerprint density at radius 1 is 0.950 bits per heavy atom. The Morgan fingerprint density at radius 2 is 1.70 bits per heavy atom. The monoisotopic (exact) mass is 536 g/mol. The molecule has 8 nitrogen and oxygen atoms in total. The first-order valence-electron chi connectivity index (χ1n) is 13.8. The number of rotatable bonds is 9. The molecule has 1 aliphatic rings. The number of fused-ring (bicyclic) bond motifs is 2. The Bertz CT molecular complexity index is 1510. The summed E-state index contributed by atoms with van der Waals surface area (Å²) in [5.41, 5.74) is 7.16. The fourth-order valence-electron chi connectivity index (χ4n) is 5.42. The van der Waals surface area contributed by atoms with Crippen molar-refractivity contribution in [2.75, 3.05) is 19.6 Å². The predicted molar refractivity (Wildman–Crippen MR) is 160 cm³/mol. The lowest BCUT2D eigenvalue weighted by molar-refractivity contribution is -0.133. The van der Waals surface area contributed by atoms with E-state index in [1.165, 1.54) is 0 Å². The van der Waals surface area contributed by atoms with Crippen LogP contribution in [0.25, 0.3) is 21.5 Å². The number of nitrogens with one attached hydrogen (secondary N) is 4. The second-order valence-corrected chi connectivity index (χ2v) is 10.4. The van der Waals surface area contributed by atoms with E-state index in [4.69, 9.17) is 11.1 Å². The Kier molecular flexibility index (Phi) is 8.56. The van der Waals surface area contributed by atoms with Crippen LogP contribution in [0.3, 0.4) is 0 Å². The van der Waals surface area contributed by atoms with Gasteiger partial charge < -0.3 is 26.6 Å². The van der Waals surface area contributed by atoms with Crippen molar-refractivity contribution in [1.29, 1.82) is 5.41 Å². The minimum Gasteiger partial charge on any atom is -0.370 e. The van der Waals surface area contributed by atoms with Crippen LogP contribution in [0.4, 0.5) is 0 Å². The Labute approximate surface area is 234 Å². The molecule has 2 atom stereocenters. The number of carbonyl (C=O) groups is 2. The lowest BCUT2D eigenvalue weighted by Crippen LogP contribution is -2.49. The van der Waals surface area contributed by atoms with Gasteiger partial charge >= 0.3 is 0 Å². The maximum atomic E-state index is 13.7. The summed E-state index contributed by atoms with van der Waals surface area (Å²) in [5, 5.41) is 21.2. The van der Waals surface area contributed by atoms with Crippen molar-refractivity contribution < 1.29 is 9.59 Å². The summed E-state index contributed by atoms with van der Waals surface area (Å²) in [6.07, 6.45) is 2.00. The third-order valence-electron chi connectivity index (χ3n) is 7.54. The number of guanidine groups is 1. The molecule has 1 saturated heterocycles. The summed E-state index contributed by atoms with van der Waals surface area (Å²) >= 11 is 0. The van der Waals surface area contributed by atoms with E-state index in [1.54, 1.807) is 0 Å². The van der Waals surface area contributed by atoms with Gasteiger partial charge in [-0.15, -0.1) is 0 Å². The zero-order valence-electron chi connectivity index (χ0n) is 22.5. The topological polar surface area (TPSA) is 123 Å². The zero-order chi connectivity index (χ0) is 27.9. The summed E-state index contributed by atoms with van der Waals surface area (Å²) in [6.45, 7) is 2.06.